The zero-order valence-corrected chi connectivity index (χ0v) is 9.96. The minimum Gasteiger partial charge on any atom is -0.313 e. The number of rotatable bonds is 3. The molecule has 0 bridgehead atoms. The Morgan fingerprint density at radius 1 is 1.44 bits per heavy atom. The first-order chi connectivity index (χ1) is 8.79. The Morgan fingerprint density at radius 3 is 3.17 bits per heavy atom. The second-order valence-electron chi connectivity index (χ2n) is 3.59. The Hall–Kier alpha value is -2.26. The van der Waals surface area contributed by atoms with E-state index in [9.17, 15) is 4.79 Å². The zero-order chi connectivity index (χ0) is 12.5. The number of aromatic nitrogens is 5. The van der Waals surface area contributed by atoms with Crippen LogP contribution >= 0.6 is 11.5 Å². The van der Waals surface area contributed by atoms with Crippen LogP contribution in [0.4, 0.5) is 5.00 Å². The van der Waals surface area contributed by atoms with E-state index in [1.165, 1.54) is 9.08 Å². The predicted octanol–water partition coefficient (Wildman–Crippen LogP) is -0.319. The van der Waals surface area contributed by atoms with Crippen LogP contribution in [-0.4, -0.2) is 23.8 Å². The highest BCUT2D eigenvalue weighted by molar-refractivity contribution is 7.10. The molecule has 0 aliphatic heterocycles. The van der Waals surface area contributed by atoms with Crippen LogP contribution in [0.15, 0.2) is 29.5 Å². The monoisotopic (exact) mass is 263 g/mol. The lowest BCUT2D eigenvalue weighted by molar-refractivity contribution is 0.723. The van der Waals surface area contributed by atoms with Crippen molar-refractivity contribution in [3.63, 3.8) is 0 Å². The number of nitrogens with two attached hydrogens (primary N) is 1. The van der Waals surface area contributed by atoms with Gasteiger partial charge in [0.15, 0.2) is 0 Å². The van der Waals surface area contributed by atoms with Gasteiger partial charge < -0.3 is 9.99 Å². The third kappa shape index (κ3) is 1.65. The minimum atomic E-state index is -0.133. The van der Waals surface area contributed by atoms with Crippen molar-refractivity contribution in [3.05, 3.63) is 40.7 Å². The maximum Gasteiger partial charge on any atom is 0.276 e. The average molecular weight is 263 g/mol. The van der Waals surface area contributed by atoms with Crippen LogP contribution in [0.3, 0.4) is 0 Å². The van der Waals surface area contributed by atoms with Gasteiger partial charge in [-0.05, 0) is 6.07 Å². The number of nitrogen functional groups attached to an aromatic ring is 1. The number of hydrogen-bond donors (Lipinski definition) is 2. The van der Waals surface area contributed by atoms with Crippen LogP contribution < -0.4 is 16.8 Å². The summed E-state index contributed by atoms with van der Waals surface area (Å²) in [5.41, 5.74) is 3.52. The summed E-state index contributed by atoms with van der Waals surface area (Å²) in [6, 6.07) is 1.67. The van der Waals surface area contributed by atoms with E-state index < -0.39 is 0 Å². The number of fused-ring (bicyclic) bond motifs is 1. The van der Waals surface area contributed by atoms with Crippen molar-refractivity contribution in [1.29, 1.82) is 0 Å². The summed E-state index contributed by atoms with van der Waals surface area (Å²) in [6.07, 6.45) is 4.95. The minimum absolute atomic E-state index is 0.133. The van der Waals surface area contributed by atoms with E-state index in [1.807, 2.05) is 0 Å². The van der Waals surface area contributed by atoms with Crippen LogP contribution in [0.25, 0.3) is 5.52 Å². The molecule has 0 spiro atoms. The van der Waals surface area contributed by atoms with Crippen LogP contribution in [0.1, 0.15) is 5.69 Å². The standard InChI is InChI=1S/C9H9N7OS/c10-12-8-6(13-14-18-8)5-15-3-4-16-7(9(15)17)1-2-11-16/h1-4,12H,5,10H2. The first-order valence-corrected chi connectivity index (χ1v) is 5.87. The molecule has 0 aromatic carbocycles. The van der Waals surface area contributed by atoms with Crippen molar-refractivity contribution < 1.29 is 0 Å². The van der Waals surface area contributed by atoms with Crippen LogP contribution in [-0.2, 0) is 6.54 Å². The van der Waals surface area contributed by atoms with Gasteiger partial charge in [0, 0.05) is 23.9 Å². The number of hydrogen-bond acceptors (Lipinski definition) is 7. The SMILES string of the molecule is NNc1snnc1Cn1ccn2nccc2c1=O. The lowest BCUT2D eigenvalue weighted by Gasteiger charge is -2.04. The molecule has 0 unspecified atom stereocenters. The molecule has 0 aliphatic carbocycles. The zero-order valence-electron chi connectivity index (χ0n) is 9.15. The molecule has 0 aliphatic rings. The molecule has 3 aromatic heterocycles. The van der Waals surface area contributed by atoms with Crippen molar-refractivity contribution in [3.8, 4) is 0 Å². The first-order valence-electron chi connectivity index (χ1n) is 5.10. The van der Waals surface area contributed by atoms with Crippen LogP contribution in [0, 0.1) is 0 Å². The molecule has 92 valence electrons. The van der Waals surface area contributed by atoms with Gasteiger partial charge in [0.05, 0.1) is 12.7 Å². The van der Waals surface area contributed by atoms with Gasteiger partial charge in [-0.2, -0.15) is 5.10 Å². The second kappa shape index (κ2) is 4.20. The van der Waals surface area contributed by atoms with Gasteiger partial charge in [-0.3, -0.25) is 4.79 Å². The highest BCUT2D eigenvalue weighted by Crippen LogP contribution is 2.16. The summed E-state index contributed by atoms with van der Waals surface area (Å²) in [7, 11) is 0. The average Bonchev–Trinajstić information content (AvgIpc) is 3.01. The van der Waals surface area contributed by atoms with Gasteiger partial charge in [-0.15, -0.1) is 5.10 Å². The molecule has 3 heterocycles. The van der Waals surface area contributed by atoms with E-state index >= 15 is 0 Å². The molecule has 3 N–H and O–H groups in total. The Balaban J connectivity index is 2.05. The molecule has 0 saturated carbocycles. The summed E-state index contributed by atoms with van der Waals surface area (Å²) >= 11 is 1.15. The topological polar surface area (TPSA) is 103 Å². The van der Waals surface area contributed by atoms with E-state index in [1.54, 1.807) is 24.7 Å². The van der Waals surface area contributed by atoms with E-state index in [4.69, 9.17) is 5.84 Å². The largest absolute Gasteiger partial charge is 0.313 e. The van der Waals surface area contributed by atoms with E-state index in [2.05, 4.69) is 20.1 Å². The lowest BCUT2D eigenvalue weighted by Crippen LogP contribution is -2.22. The molecule has 0 atom stereocenters. The smallest absolute Gasteiger partial charge is 0.276 e. The van der Waals surface area contributed by atoms with Crippen molar-refractivity contribution in [2.75, 3.05) is 5.43 Å². The van der Waals surface area contributed by atoms with Crippen LogP contribution in [0.5, 0.6) is 0 Å². The second-order valence-corrected chi connectivity index (χ2v) is 4.34. The van der Waals surface area contributed by atoms with Crippen molar-refractivity contribution in [2.24, 2.45) is 5.84 Å². The fourth-order valence-electron chi connectivity index (χ4n) is 1.67. The molecule has 18 heavy (non-hydrogen) atoms. The number of hydrazine groups is 1. The maximum atomic E-state index is 12.1. The van der Waals surface area contributed by atoms with E-state index in [-0.39, 0.29) is 5.56 Å². The summed E-state index contributed by atoms with van der Waals surface area (Å²) in [4.78, 5) is 12.1. The van der Waals surface area contributed by atoms with Gasteiger partial charge in [0.2, 0.25) is 0 Å². The van der Waals surface area contributed by atoms with Crippen molar-refractivity contribution >= 4 is 22.1 Å². The molecule has 3 rings (SSSR count). The Morgan fingerprint density at radius 2 is 2.33 bits per heavy atom. The molecule has 3 aromatic rings. The predicted molar refractivity (Wildman–Crippen MR) is 66.3 cm³/mol. The normalized spacial score (nSPS) is 10.9. The van der Waals surface area contributed by atoms with Crippen molar-refractivity contribution in [1.82, 2.24) is 23.8 Å². The molecule has 0 fully saturated rings. The first kappa shape index (κ1) is 10.9. The van der Waals surface area contributed by atoms with E-state index in [0.717, 1.165) is 11.5 Å². The molecule has 9 heteroatoms. The Bertz CT molecular complexity index is 743. The third-order valence-electron chi connectivity index (χ3n) is 2.55. The molecule has 0 saturated heterocycles. The van der Waals surface area contributed by atoms with Gasteiger partial charge in [-0.1, -0.05) is 4.49 Å². The van der Waals surface area contributed by atoms with Gasteiger partial charge in [0.25, 0.3) is 5.56 Å². The summed E-state index contributed by atoms with van der Waals surface area (Å²) in [5.74, 6) is 5.34. The van der Waals surface area contributed by atoms with E-state index in [0.29, 0.717) is 22.8 Å². The molecule has 8 nitrogen and oxygen atoms in total. The molecular formula is C9H9N7OS. The third-order valence-corrected chi connectivity index (χ3v) is 3.24. The highest BCUT2D eigenvalue weighted by Gasteiger charge is 2.09. The molecule has 0 amide bonds. The van der Waals surface area contributed by atoms with Crippen molar-refractivity contribution in [2.45, 2.75) is 6.54 Å². The lowest BCUT2D eigenvalue weighted by atomic mass is 10.4. The molecule has 0 radical (unpaired) electrons. The fourth-order valence-corrected chi connectivity index (χ4v) is 2.15. The molecular weight excluding hydrogens is 254 g/mol. The summed E-state index contributed by atoms with van der Waals surface area (Å²) in [5, 5.41) is 8.58. The Kier molecular flexibility index (Phi) is 2.54. The van der Waals surface area contributed by atoms with Gasteiger partial charge in [0.1, 0.15) is 16.2 Å². The van der Waals surface area contributed by atoms with Gasteiger partial charge >= 0.3 is 0 Å². The van der Waals surface area contributed by atoms with Gasteiger partial charge in [-0.25, -0.2) is 10.4 Å². The summed E-state index contributed by atoms with van der Waals surface area (Å²) in [6.45, 7) is 0.316. The quantitative estimate of drug-likeness (QED) is 0.496. The Labute approximate surface area is 105 Å². The summed E-state index contributed by atoms with van der Waals surface area (Å²) < 4.78 is 6.85. The fraction of sp³-hybridized carbons (Fsp3) is 0.111. The number of nitrogens with zero attached hydrogens (tertiary/aromatic N) is 5. The number of nitrogens with one attached hydrogen (secondary N) is 1. The maximum absolute atomic E-state index is 12.1. The van der Waals surface area contributed by atoms with Crippen LogP contribution in [0.2, 0.25) is 0 Å². The highest BCUT2D eigenvalue weighted by atomic mass is 32.1. The number of anilines is 1.